The zero-order chi connectivity index (χ0) is 14.7. The highest BCUT2D eigenvalue weighted by atomic mass is 32.1. The Bertz CT molecular complexity index is 468. The maximum absolute atomic E-state index is 12.6. The normalized spacial score (nSPS) is 14.6. The number of nitrogens with zero attached hydrogens (tertiary/aromatic N) is 2. The van der Waals surface area contributed by atoms with Crippen molar-refractivity contribution in [2.45, 2.75) is 58.5 Å². The van der Waals surface area contributed by atoms with Crippen molar-refractivity contribution >= 4 is 28.2 Å². The Morgan fingerprint density at radius 3 is 2.80 bits per heavy atom. The Hall–Kier alpha value is -1.30. The van der Waals surface area contributed by atoms with Gasteiger partial charge in [-0.3, -0.25) is 4.79 Å². The van der Waals surface area contributed by atoms with Gasteiger partial charge in [0.05, 0.1) is 0 Å². The molecule has 1 aliphatic carbocycles. The van der Waals surface area contributed by atoms with Crippen molar-refractivity contribution in [2.24, 2.45) is 0 Å². The maximum atomic E-state index is 12.6. The molecule has 6 heteroatoms. The molecule has 0 unspecified atom stereocenters. The Morgan fingerprint density at radius 1 is 1.55 bits per heavy atom. The molecule has 0 aliphatic heterocycles. The number of carbonyl (C=O) groups is 1. The first-order valence-electron chi connectivity index (χ1n) is 7.36. The largest absolute Gasteiger partial charge is 0.382 e. The number of nitrogens with one attached hydrogen (secondary N) is 1. The molecule has 0 spiro atoms. The molecule has 1 fully saturated rings. The van der Waals surface area contributed by atoms with Gasteiger partial charge in [0.25, 0.3) is 5.91 Å². The Morgan fingerprint density at radius 2 is 2.25 bits per heavy atom. The number of unbranched alkanes of at least 4 members (excludes halogenated alkanes) is 1. The predicted molar refractivity (Wildman–Crippen MR) is 84.3 cm³/mol. The van der Waals surface area contributed by atoms with Crippen LogP contribution in [0.15, 0.2) is 0 Å². The highest BCUT2D eigenvalue weighted by Crippen LogP contribution is 2.32. The van der Waals surface area contributed by atoms with E-state index in [0.29, 0.717) is 16.7 Å². The maximum Gasteiger partial charge on any atom is 0.268 e. The van der Waals surface area contributed by atoms with Crippen molar-refractivity contribution in [2.75, 3.05) is 17.6 Å². The molecule has 0 aromatic carbocycles. The number of aromatic nitrogens is 1. The number of hydrogen-bond donors (Lipinski definition) is 2. The minimum atomic E-state index is 0.0488. The van der Waals surface area contributed by atoms with Crippen LogP contribution in [-0.4, -0.2) is 34.4 Å². The lowest BCUT2D eigenvalue weighted by atomic mass is 10.3. The molecule has 1 aromatic heterocycles. The van der Waals surface area contributed by atoms with Crippen molar-refractivity contribution in [3.8, 4) is 0 Å². The third kappa shape index (κ3) is 3.62. The Labute approximate surface area is 124 Å². The topological polar surface area (TPSA) is 71.2 Å². The van der Waals surface area contributed by atoms with E-state index in [1.807, 2.05) is 18.7 Å². The molecule has 0 atom stereocenters. The van der Waals surface area contributed by atoms with E-state index >= 15 is 0 Å². The molecule has 1 heterocycles. The van der Waals surface area contributed by atoms with Gasteiger partial charge in [0, 0.05) is 18.6 Å². The van der Waals surface area contributed by atoms with Gasteiger partial charge in [0.2, 0.25) is 0 Å². The molecule has 1 aliphatic rings. The monoisotopic (exact) mass is 296 g/mol. The number of nitrogens with two attached hydrogens (primary N) is 1. The van der Waals surface area contributed by atoms with Crippen LogP contribution in [0.5, 0.6) is 0 Å². The zero-order valence-corrected chi connectivity index (χ0v) is 13.3. The van der Waals surface area contributed by atoms with E-state index in [1.54, 1.807) is 0 Å². The number of thiazole rings is 1. The lowest BCUT2D eigenvalue weighted by molar-refractivity contribution is 0.0746. The lowest BCUT2D eigenvalue weighted by Crippen LogP contribution is -2.33. The molecular formula is C14H24N4OS. The molecular weight excluding hydrogens is 272 g/mol. The number of rotatable bonds is 7. The van der Waals surface area contributed by atoms with Crippen LogP contribution >= 0.6 is 11.3 Å². The van der Waals surface area contributed by atoms with Crippen LogP contribution in [0.1, 0.15) is 56.1 Å². The van der Waals surface area contributed by atoms with Crippen molar-refractivity contribution < 1.29 is 4.79 Å². The molecule has 0 saturated heterocycles. The van der Waals surface area contributed by atoms with E-state index in [-0.39, 0.29) is 11.9 Å². The van der Waals surface area contributed by atoms with Gasteiger partial charge in [-0.15, -0.1) is 0 Å². The van der Waals surface area contributed by atoms with Crippen LogP contribution in [0, 0.1) is 0 Å². The number of hydrogen-bond acceptors (Lipinski definition) is 5. The van der Waals surface area contributed by atoms with Crippen LogP contribution in [0.3, 0.4) is 0 Å². The van der Waals surface area contributed by atoms with Gasteiger partial charge < -0.3 is 16.0 Å². The first-order chi connectivity index (χ1) is 9.52. The average molecular weight is 296 g/mol. The summed E-state index contributed by atoms with van der Waals surface area (Å²) < 4.78 is 0. The van der Waals surface area contributed by atoms with E-state index in [4.69, 9.17) is 5.73 Å². The van der Waals surface area contributed by atoms with Crippen molar-refractivity contribution in [3.63, 3.8) is 0 Å². The molecule has 112 valence electrons. The molecule has 5 nitrogen and oxygen atoms in total. The predicted octanol–water partition coefficient (Wildman–Crippen LogP) is 2.95. The second-order valence-corrected chi connectivity index (χ2v) is 6.61. The molecule has 1 saturated carbocycles. The fourth-order valence-electron chi connectivity index (χ4n) is 2.09. The lowest BCUT2D eigenvalue weighted by Gasteiger charge is -2.21. The number of nitrogen functional groups attached to an aromatic ring is 1. The summed E-state index contributed by atoms with van der Waals surface area (Å²) >= 11 is 1.36. The summed E-state index contributed by atoms with van der Waals surface area (Å²) in [5, 5.41) is 3.93. The summed E-state index contributed by atoms with van der Waals surface area (Å²) in [6.07, 6.45) is 4.36. The van der Waals surface area contributed by atoms with Crippen molar-refractivity contribution in [3.05, 3.63) is 4.88 Å². The third-order valence-electron chi connectivity index (χ3n) is 3.26. The average Bonchev–Trinajstić information content (AvgIpc) is 3.14. The van der Waals surface area contributed by atoms with Crippen LogP contribution in [0.25, 0.3) is 0 Å². The second-order valence-electron chi connectivity index (χ2n) is 5.62. The van der Waals surface area contributed by atoms with Crippen LogP contribution < -0.4 is 11.1 Å². The highest BCUT2D eigenvalue weighted by molar-refractivity contribution is 7.18. The second kappa shape index (κ2) is 6.43. The summed E-state index contributed by atoms with van der Waals surface area (Å²) in [5.41, 5.74) is 5.92. The minimum Gasteiger partial charge on any atom is -0.382 e. The smallest absolute Gasteiger partial charge is 0.268 e. The van der Waals surface area contributed by atoms with E-state index in [2.05, 4.69) is 17.2 Å². The van der Waals surface area contributed by atoms with Crippen molar-refractivity contribution in [1.82, 2.24) is 9.88 Å². The molecule has 1 amide bonds. The molecule has 2 rings (SSSR count). The third-order valence-corrected chi connectivity index (χ3v) is 4.25. The molecule has 3 N–H and O–H groups in total. The summed E-state index contributed by atoms with van der Waals surface area (Å²) in [7, 11) is 0. The van der Waals surface area contributed by atoms with Gasteiger partial charge in [-0.1, -0.05) is 24.7 Å². The molecule has 20 heavy (non-hydrogen) atoms. The molecule has 1 aromatic rings. The summed E-state index contributed by atoms with van der Waals surface area (Å²) in [4.78, 5) is 19.5. The van der Waals surface area contributed by atoms with Crippen molar-refractivity contribution in [1.29, 1.82) is 0 Å². The summed E-state index contributed by atoms with van der Waals surface area (Å²) in [6, 6.07) is 0.695. The number of anilines is 2. The fourth-order valence-corrected chi connectivity index (χ4v) is 3.08. The SMILES string of the molecule is CCCCN(C(=O)c1sc(NC(C)C)nc1N)C1CC1. The number of carbonyl (C=O) groups excluding carboxylic acids is 1. The summed E-state index contributed by atoms with van der Waals surface area (Å²) in [6.45, 7) is 7.04. The van der Waals surface area contributed by atoms with Gasteiger partial charge in [-0.25, -0.2) is 4.98 Å². The summed E-state index contributed by atoms with van der Waals surface area (Å²) in [5.74, 6) is 0.401. The van der Waals surface area contributed by atoms with Gasteiger partial charge in [0.15, 0.2) is 5.13 Å². The van der Waals surface area contributed by atoms with Crippen LogP contribution in [0.4, 0.5) is 10.9 Å². The van der Waals surface area contributed by atoms with E-state index in [1.165, 1.54) is 11.3 Å². The standard InChI is InChI=1S/C14H24N4OS/c1-4-5-8-18(10-6-7-10)13(19)11-12(15)17-14(20-11)16-9(2)3/h9-10H,4-8,15H2,1-3H3,(H,16,17). The molecule has 0 bridgehead atoms. The Balaban J connectivity index is 2.11. The minimum absolute atomic E-state index is 0.0488. The zero-order valence-electron chi connectivity index (χ0n) is 12.5. The Kier molecular flexibility index (Phi) is 4.86. The van der Waals surface area contributed by atoms with Gasteiger partial charge in [0.1, 0.15) is 10.7 Å². The fraction of sp³-hybridized carbons (Fsp3) is 0.714. The van der Waals surface area contributed by atoms with Gasteiger partial charge >= 0.3 is 0 Å². The van der Waals surface area contributed by atoms with Gasteiger partial charge in [-0.2, -0.15) is 0 Å². The van der Waals surface area contributed by atoms with Gasteiger partial charge in [-0.05, 0) is 33.1 Å². The molecule has 0 radical (unpaired) electrons. The first-order valence-corrected chi connectivity index (χ1v) is 8.18. The quantitative estimate of drug-likeness (QED) is 0.811. The van der Waals surface area contributed by atoms with Crippen LogP contribution in [0.2, 0.25) is 0 Å². The van der Waals surface area contributed by atoms with E-state index < -0.39 is 0 Å². The first kappa shape index (κ1) is 15.1. The van der Waals surface area contributed by atoms with Crippen LogP contribution in [-0.2, 0) is 0 Å². The van der Waals surface area contributed by atoms with E-state index in [0.717, 1.165) is 37.4 Å². The highest BCUT2D eigenvalue weighted by Gasteiger charge is 2.34. The van der Waals surface area contributed by atoms with E-state index in [9.17, 15) is 4.79 Å². The number of amides is 1.